The van der Waals surface area contributed by atoms with Gasteiger partial charge in [0.1, 0.15) is 0 Å². The van der Waals surface area contributed by atoms with Crippen LogP contribution in [0.25, 0.3) is 71.3 Å². The molecule has 0 bridgehead atoms. The lowest BCUT2D eigenvalue weighted by atomic mass is 9.91. The minimum Gasteiger partial charge on any atom is -0.309 e. The van der Waals surface area contributed by atoms with E-state index in [9.17, 15) is 0 Å². The molecule has 0 amide bonds. The van der Waals surface area contributed by atoms with E-state index in [4.69, 9.17) is 0 Å². The van der Waals surface area contributed by atoms with Crippen LogP contribution in [0, 0.1) is 27.7 Å². The number of hydrogen-bond donors (Lipinski definition) is 0. The van der Waals surface area contributed by atoms with Gasteiger partial charge in [0.2, 0.25) is 0 Å². The maximum atomic E-state index is 2.55. The highest BCUT2D eigenvalue weighted by Gasteiger charge is 2.26. The third-order valence-electron chi connectivity index (χ3n) is 14.8. The fourth-order valence-corrected chi connectivity index (χ4v) is 10.9. The van der Waals surface area contributed by atoms with Crippen molar-refractivity contribution in [3.05, 3.63) is 258 Å². The van der Waals surface area contributed by atoms with Crippen LogP contribution < -0.4 is 9.80 Å². The van der Waals surface area contributed by atoms with Crippen molar-refractivity contribution in [2.75, 3.05) is 9.80 Å². The summed E-state index contributed by atoms with van der Waals surface area (Å²) >= 11 is 0. The molecule has 0 aliphatic heterocycles. The quantitative estimate of drug-likeness (QED) is 0.126. The molecule has 1 aliphatic carbocycles. The molecular formula is C69H56N2. The van der Waals surface area contributed by atoms with Gasteiger partial charge in [-0.25, -0.2) is 0 Å². The second-order valence-electron chi connectivity index (χ2n) is 19.4. The standard InChI is InChI=1S/C69H56N2/c1-46-26-30-56(50-18-10-5-6-11-19-50)42-64(46)70(65-43-57(31-27-47(65)2)51-20-12-7-13-21-51)62-40-36-54-35-39-61-63(41-37-55-34-38-60(62)68(54)69(55)61)71(66-44-58(32-28-48(66)3)52-22-14-8-15-23-52)67-45-59(33-29-49(67)4)53-24-16-9-17-25-53/h7-10,12-45H,5-6,11H2,1-4H3. The smallest absolute Gasteiger partial charge is 0.0540 e. The summed E-state index contributed by atoms with van der Waals surface area (Å²) in [4.78, 5) is 5.09. The van der Waals surface area contributed by atoms with Gasteiger partial charge < -0.3 is 9.80 Å². The highest BCUT2D eigenvalue weighted by Crippen LogP contribution is 2.50. The summed E-state index contributed by atoms with van der Waals surface area (Å²) in [7, 11) is 0. The second-order valence-corrected chi connectivity index (χ2v) is 19.4. The summed E-state index contributed by atoms with van der Waals surface area (Å²) in [5, 5.41) is 7.43. The molecule has 71 heavy (non-hydrogen) atoms. The number of rotatable bonds is 10. The molecule has 2 nitrogen and oxygen atoms in total. The molecule has 0 N–H and O–H groups in total. The number of anilines is 6. The molecule has 0 atom stereocenters. The molecular weight excluding hydrogens is 857 g/mol. The third-order valence-corrected chi connectivity index (χ3v) is 14.8. The van der Waals surface area contributed by atoms with Crippen LogP contribution in [0.5, 0.6) is 0 Å². The van der Waals surface area contributed by atoms with Crippen molar-refractivity contribution in [2.45, 2.75) is 47.0 Å². The normalized spacial score (nSPS) is 12.6. The maximum absolute atomic E-state index is 2.55. The van der Waals surface area contributed by atoms with E-state index < -0.39 is 0 Å². The summed E-state index contributed by atoms with van der Waals surface area (Å²) in [6, 6.07) is 79.0. The Bertz CT molecular complexity index is 3740. The largest absolute Gasteiger partial charge is 0.309 e. The van der Waals surface area contributed by atoms with Gasteiger partial charge in [0, 0.05) is 33.5 Å². The molecule has 0 fully saturated rings. The minimum absolute atomic E-state index is 1.08. The van der Waals surface area contributed by atoms with Crippen molar-refractivity contribution >= 4 is 72.0 Å². The molecule has 11 aromatic rings. The van der Waals surface area contributed by atoms with Gasteiger partial charge in [-0.3, -0.25) is 0 Å². The van der Waals surface area contributed by atoms with E-state index in [1.807, 2.05) is 0 Å². The fourth-order valence-electron chi connectivity index (χ4n) is 10.9. The van der Waals surface area contributed by atoms with E-state index >= 15 is 0 Å². The molecule has 0 spiro atoms. The van der Waals surface area contributed by atoms with E-state index in [1.54, 1.807) is 0 Å². The maximum Gasteiger partial charge on any atom is 0.0540 e. The third kappa shape index (κ3) is 8.06. The van der Waals surface area contributed by atoms with Crippen molar-refractivity contribution in [3.63, 3.8) is 0 Å². The number of aryl methyl sites for hydroxylation is 4. The SMILES string of the molecule is Cc1ccc(C2=CCCCC=C2)cc1N(c1cc(-c2ccccc2)ccc1C)c1ccc2ccc3c(N(c4cc(-c5ccccc5)ccc4C)c4cc(-c5ccccc5)ccc4C)ccc4ccc1c2c43. The van der Waals surface area contributed by atoms with Crippen LogP contribution in [0.3, 0.4) is 0 Å². The van der Waals surface area contributed by atoms with E-state index in [-0.39, 0.29) is 0 Å². The molecule has 11 aromatic carbocycles. The predicted molar refractivity (Wildman–Crippen MR) is 306 cm³/mol. The van der Waals surface area contributed by atoms with Crippen LogP contribution in [0.1, 0.15) is 47.1 Å². The minimum atomic E-state index is 1.08. The van der Waals surface area contributed by atoms with Gasteiger partial charge in [-0.15, -0.1) is 0 Å². The Balaban J connectivity index is 1.12. The zero-order valence-corrected chi connectivity index (χ0v) is 41.0. The lowest BCUT2D eigenvalue weighted by Gasteiger charge is -2.32. The number of nitrogens with zero attached hydrogens (tertiary/aromatic N) is 2. The van der Waals surface area contributed by atoms with Gasteiger partial charge in [0.05, 0.1) is 11.4 Å². The summed E-state index contributed by atoms with van der Waals surface area (Å²) in [5.74, 6) is 0. The lowest BCUT2D eigenvalue weighted by Crippen LogP contribution is -2.14. The van der Waals surface area contributed by atoms with Crippen molar-refractivity contribution in [1.82, 2.24) is 0 Å². The van der Waals surface area contributed by atoms with Crippen LogP contribution in [0.15, 0.2) is 231 Å². The van der Waals surface area contributed by atoms with Gasteiger partial charge in [0.15, 0.2) is 0 Å². The van der Waals surface area contributed by atoms with E-state index in [1.165, 1.54) is 117 Å². The predicted octanol–water partition coefficient (Wildman–Crippen LogP) is 19.9. The summed E-state index contributed by atoms with van der Waals surface area (Å²) < 4.78 is 0. The molecule has 0 heterocycles. The van der Waals surface area contributed by atoms with E-state index in [2.05, 4.69) is 268 Å². The highest BCUT2D eigenvalue weighted by molar-refractivity contribution is 6.28. The first kappa shape index (κ1) is 43.8. The molecule has 0 saturated carbocycles. The molecule has 0 unspecified atom stereocenters. The topological polar surface area (TPSA) is 6.48 Å². The van der Waals surface area contributed by atoms with Crippen LogP contribution in [-0.4, -0.2) is 0 Å². The summed E-state index contributed by atoms with van der Waals surface area (Å²) in [5.41, 5.74) is 21.5. The van der Waals surface area contributed by atoms with Crippen molar-refractivity contribution in [2.24, 2.45) is 0 Å². The monoisotopic (exact) mass is 912 g/mol. The Morgan fingerprint density at radius 3 is 1.08 bits per heavy atom. The number of allylic oxidation sites excluding steroid dienone is 4. The second kappa shape index (κ2) is 18.5. The molecule has 342 valence electrons. The van der Waals surface area contributed by atoms with Gasteiger partial charge in [-0.1, -0.05) is 194 Å². The molecule has 1 aliphatic rings. The molecule has 12 rings (SSSR count). The van der Waals surface area contributed by atoms with E-state index in [0.29, 0.717) is 0 Å². The van der Waals surface area contributed by atoms with Gasteiger partial charge in [-0.05, 0) is 172 Å². The average Bonchev–Trinajstić information content (AvgIpc) is 3.71. The first-order valence-corrected chi connectivity index (χ1v) is 25.1. The average molecular weight is 913 g/mol. The Hall–Kier alpha value is -8.46. The number of benzene rings is 11. The Labute approximate surface area is 418 Å². The molecule has 2 heteroatoms. The zero-order valence-electron chi connectivity index (χ0n) is 41.0. The Kier molecular flexibility index (Phi) is 11.4. The lowest BCUT2D eigenvalue weighted by molar-refractivity contribution is 0.876. The van der Waals surface area contributed by atoms with Crippen molar-refractivity contribution < 1.29 is 0 Å². The first-order chi connectivity index (χ1) is 34.9. The molecule has 0 radical (unpaired) electrons. The van der Waals surface area contributed by atoms with Gasteiger partial charge >= 0.3 is 0 Å². The Morgan fingerprint density at radius 2 is 0.676 bits per heavy atom. The highest BCUT2D eigenvalue weighted by atomic mass is 15.2. The van der Waals surface area contributed by atoms with E-state index in [0.717, 1.165) is 35.6 Å². The summed E-state index contributed by atoms with van der Waals surface area (Å²) in [6.07, 6.45) is 10.4. The first-order valence-electron chi connectivity index (χ1n) is 25.1. The van der Waals surface area contributed by atoms with Crippen LogP contribution in [-0.2, 0) is 0 Å². The van der Waals surface area contributed by atoms with Crippen LogP contribution in [0.2, 0.25) is 0 Å². The van der Waals surface area contributed by atoms with Gasteiger partial charge in [-0.2, -0.15) is 0 Å². The fraction of sp³-hybridized carbons (Fsp3) is 0.101. The number of hydrogen-bond acceptors (Lipinski definition) is 2. The van der Waals surface area contributed by atoms with Crippen LogP contribution in [0.4, 0.5) is 34.1 Å². The Morgan fingerprint density at radius 1 is 0.310 bits per heavy atom. The van der Waals surface area contributed by atoms with Crippen molar-refractivity contribution in [1.29, 1.82) is 0 Å². The zero-order chi connectivity index (χ0) is 48.0. The van der Waals surface area contributed by atoms with Crippen molar-refractivity contribution in [3.8, 4) is 33.4 Å². The molecule has 0 aromatic heterocycles. The van der Waals surface area contributed by atoms with Gasteiger partial charge in [0.25, 0.3) is 0 Å². The molecule has 0 saturated heterocycles. The van der Waals surface area contributed by atoms with Crippen LogP contribution >= 0.6 is 0 Å². The summed E-state index contributed by atoms with van der Waals surface area (Å²) in [6.45, 7) is 9.02.